The summed E-state index contributed by atoms with van der Waals surface area (Å²) >= 11 is 0. The second-order valence-electron chi connectivity index (χ2n) is 7.51. The quantitative estimate of drug-likeness (QED) is 0.449. The minimum atomic E-state index is 0. The van der Waals surface area contributed by atoms with Gasteiger partial charge in [0.2, 0.25) is 0 Å². The lowest BCUT2D eigenvalue weighted by Crippen LogP contribution is -2.18. The Morgan fingerprint density at radius 1 is 0.423 bits per heavy atom. The van der Waals surface area contributed by atoms with Gasteiger partial charge < -0.3 is 0 Å². The lowest BCUT2D eigenvalue weighted by atomic mass is 9.78. The molecule has 3 aromatic carbocycles. The van der Waals surface area contributed by atoms with E-state index < -0.39 is 0 Å². The van der Waals surface area contributed by atoms with Crippen LogP contribution in [0, 0.1) is 27.7 Å². The maximum absolute atomic E-state index is 2.28. The SMILES string of the molecule is C.Cc1ccc(C(C)(C)c2ccc(C)cc2)cc1.Cc1ccc(C)cc1. The van der Waals surface area contributed by atoms with E-state index in [-0.39, 0.29) is 12.8 Å². The summed E-state index contributed by atoms with van der Waals surface area (Å²) in [6.45, 7) is 13.0. The summed E-state index contributed by atoms with van der Waals surface area (Å²) in [6.07, 6.45) is 0. The van der Waals surface area contributed by atoms with Crippen molar-refractivity contribution in [1.82, 2.24) is 0 Å². The van der Waals surface area contributed by atoms with Crippen molar-refractivity contribution in [3.63, 3.8) is 0 Å². The van der Waals surface area contributed by atoms with Crippen molar-refractivity contribution in [2.45, 2.75) is 54.4 Å². The molecule has 0 aliphatic heterocycles. The number of hydrogen-bond donors (Lipinski definition) is 0. The fourth-order valence-electron chi connectivity index (χ4n) is 2.74. The van der Waals surface area contributed by atoms with Gasteiger partial charge in [0.1, 0.15) is 0 Å². The molecule has 0 aliphatic rings. The number of aryl methyl sites for hydroxylation is 4. The molecule has 0 heterocycles. The molecule has 0 fully saturated rings. The predicted octanol–water partition coefficient (Wildman–Crippen LogP) is 7.57. The van der Waals surface area contributed by atoms with Crippen LogP contribution in [0.1, 0.15) is 54.7 Å². The number of rotatable bonds is 2. The van der Waals surface area contributed by atoms with Gasteiger partial charge in [-0.25, -0.2) is 0 Å². The van der Waals surface area contributed by atoms with Crippen LogP contribution in [0.15, 0.2) is 72.8 Å². The Kier molecular flexibility index (Phi) is 7.83. The van der Waals surface area contributed by atoms with Crippen molar-refractivity contribution in [3.05, 3.63) is 106 Å². The first-order chi connectivity index (χ1) is 11.8. The van der Waals surface area contributed by atoms with Crippen LogP contribution in [-0.4, -0.2) is 0 Å². The zero-order valence-electron chi connectivity index (χ0n) is 16.4. The smallest absolute Gasteiger partial charge is 0.0146 e. The Bertz CT molecular complexity index is 704. The van der Waals surface area contributed by atoms with Gasteiger partial charge in [-0.1, -0.05) is 116 Å². The van der Waals surface area contributed by atoms with Crippen LogP contribution in [0.2, 0.25) is 0 Å². The third-order valence-corrected chi connectivity index (χ3v) is 4.76. The molecular weight excluding hydrogens is 312 g/mol. The molecule has 0 atom stereocenters. The van der Waals surface area contributed by atoms with Crippen LogP contribution in [0.4, 0.5) is 0 Å². The third kappa shape index (κ3) is 5.88. The minimum absolute atomic E-state index is 0. The molecule has 0 saturated heterocycles. The van der Waals surface area contributed by atoms with Crippen molar-refractivity contribution in [2.75, 3.05) is 0 Å². The molecule has 0 bridgehead atoms. The monoisotopic (exact) mass is 346 g/mol. The maximum atomic E-state index is 2.28. The van der Waals surface area contributed by atoms with Crippen LogP contribution in [0.25, 0.3) is 0 Å². The van der Waals surface area contributed by atoms with E-state index in [0.717, 1.165) is 0 Å². The zero-order valence-corrected chi connectivity index (χ0v) is 16.4. The zero-order chi connectivity index (χ0) is 18.4. The van der Waals surface area contributed by atoms with Crippen LogP contribution >= 0.6 is 0 Å². The fraction of sp³-hybridized carbons (Fsp3) is 0.308. The van der Waals surface area contributed by atoms with E-state index in [0.29, 0.717) is 0 Å². The summed E-state index contributed by atoms with van der Waals surface area (Å²) in [6, 6.07) is 26.1. The summed E-state index contributed by atoms with van der Waals surface area (Å²) in [5.74, 6) is 0. The predicted molar refractivity (Wildman–Crippen MR) is 117 cm³/mol. The molecule has 0 radical (unpaired) electrons. The van der Waals surface area contributed by atoms with Crippen LogP contribution in [-0.2, 0) is 5.41 Å². The Morgan fingerprint density at radius 3 is 0.846 bits per heavy atom. The summed E-state index contributed by atoms with van der Waals surface area (Å²) in [4.78, 5) is 0. The molecule has 138 valence electrons. The second-order valence-corrected chi connectivity index (χ2v) is 7.51. The molecule has 0 N–H and O–H groups in total. The number of benzene rings is 3. The highest BCUT2D eigenvalue weighted by atomic mass is 14.3. The number of hydrogen-bond acceptors (Lipinski definition) is 0. The Morgan fingerprint density at radius 2 is 0.615 bits per heavy atom. The van der Waals surface area contributed by atoms with Crippen molar-refractivity contribution < 1.29 is 0 Å². The van der Waals surface area contributed by atoms with E-state index in [1.807, 2.05) is 0 Å². The Balaban J connectivity index is 0.000000318. The molecule has 0 heteroatoms. The molecule has 0 aromatic heterocycles. The minimum Gasteiger partial charge on any atom is -0.0776 e. The lowest BCUT2D eigenvalue weighted by molar-refractivity contribution is 0.640. The normalized spacial score (nSPS) is 10.4. The van der Waals surface area contributed by atoms with Crippen molar-refractivity contribution in [2.24, 2.45) is 0 Å². The van der Waals surface area contributed by atoms with E-state index in [4.69, 9.17) is 0 Å². The highest BCUT2D eigenvalue weighted by Crippen LogP contribution is 2.31. The first kappa shape index (κ1) is 21.7. The van der Waals surface area contributed by atoms with E-state index in [1.165, 1.54) is 33.4 Å². The average Bonchev–Trinajstić information content (AvgIpc) is 2.59. The van der Waals surface area contributed by atoms with Crippen molar-refractivity contribution >= 4 is 0 Å². The average molecular weight is 347 g/mol. The first-order valence-corrected chi connectivity index (χ1v) is 8.96. The highest BCUT2D eigenvalue weighted by molar-refractivity contribution is 5.39. The molecule has 0 nitrogen and oxygen atoms in total. The van der Waals surface area contributed by atoms with E-state index in [2.05, 4.69) is 114 Å². The summed E-state index contributed by atoms with van der Waals surface area (Å²) in [5.41, 5.74) is 8.09. The van der Waals surface area contributed by atoms with E-state index in [1.54, 1.807) is 0 Å². The molecule has 0 saturated carbocycles. The van der Waals surface area contributed by atoms with Gasteiger partial charge >= 0.3 is 0 Å². The van der Waals surface area contributed by atoms with Crippen molar-refractivity contribution in [1.29, 1.82) is 0 Å². The lowest BCUT2D eigenvalue weighted by Gasteiger charge is -2.26. The third-order valence-electron chi connectivity index (χ3n) is 4.76. The highest BCUT2D eigenvalue weighted by Gasteiger charge is 2.22. The first-order valence-electron chi connectivity index (χ1n) is 8.96. The van der Waals surface area contributed by atoms with Gasteiger partial charge in [-0.3, -0.25) is 0 Å². The summed E-state index contributed by atoms with van der Waals surface area (Å²) < 4.78 is 0. The fourth-order valence-corrected chi connectivity index (χ4v) is 2.74. The molecule has 0 aliphatic carbocycles. The van der Waals surface area contributed by atoms with Gasteiger partial charge in [-0.15, -0.1) is 0 Å². The van der Waals surface area contributed by atoms with Gasteiger partial charge in [0.15, 0.2) is 0 Å². The largest absolute Gasteiger partial charge is 0.0776 e. The van der Waals surface area contributed by atoms with Crippen LogP contribution < -0.4 is 0 Å². The van der Waals surface area contributed by atoms with Gasteiger partial charge in [0.25, 0.3) is 0 Å². The van der Waals surface area contributed by atoms with Gasteiger partial charge in [-0.05, 0) is 38.8 Å². The maximum Gasteiger partial charge on any atom is 0.0146 e. The summed E-state index contributed by atoms with van der Waals surface area (Å²) in [5, 5.41) is 0. The Labute approximate surface area is 160 Å². The van der Waals surface area contributed by atoms with Gasteiger partial charge in [0.05, 0.1) is 0 Å². The second kappa shape index (κ2) is 9.38. The topological polar surface area (TPSA) is 0 Å². The van der Waals surface area contributed by atoms with E-state index >= 15 is 0 Å². The van der Waals surface area contributed by atoms with Crippen LogP contribution in [0.3, 0.4) is 0 Å². The molecule has 0 spiro atoms. The molecule has 3 aromatic rings. The molecule has 26 heavy (non-hydrogen) atoms. The van der Waals surface area contributed by atoms with Crippen molar-refractivity contribution in [3.8, 4) is 0 Å². The molecule has 3 rings (SSSR count). The molecule has 0 unspecified atom stereocenters. The van der Waals surface area contributed by atoms with Gasteiger partial charge in [0, 0.05) is 5.41 Å². The Hall–Kier alpha value is -2.34. The molecule has 0 amide bonds. The summed E-state index contributed by atoms with van der Waals surface area (Å²) in [7, 11) is 0. The van der Waals surface area contributed by atoms with Crippen LogP contribution in [0.5, 0.6) is 0 Å². The molecular formula is C26H34. The van der Waals surface area contributed by atoms with E-state index in [9.17, 15) is 0 Å². The van der Waals surface area contributed by atoms with Gasteiger partial charge in [-0.2, -0.15) is 0 Å². The standard InChI is InChI=1S/C17H20.C8H10.CH4/c1-13-5-9-15(10-6-13)17(3,4)16-11-7-14(2)8-12-16;1-7-3-5-8(2)6-4-7;/h5-12H,1-4H3;3-6H,1-2H3;1H4.